The Balaban J connectivity index is 1.36. The molecule has 0 unspecified atom stereocenters. The zero-order valence-corrected chi connectivity index (χ0v) is 18.4. The maximum Gasteiger partial charge on any atom is 0.257 e. The van der Waals surface area contributed by atoms with E-state index in [0.29, 0.717) is 38.3 Å². The Kier molecular flexibility index (Phi) is 7.86. The van der Waals surface area contributed by atoms with E-state index < -0.39 is 10.0 Å². The fraction of sp³-hybridized carbons (Fsp3) is 0.409. The van der Waals surface area contributed by atoms with Crippen LogP contribution in [0.5, 0.6) is 5.75 Å². The number of nitrogens with zero attached hydrogens (tertiary/aromatic N) is 2. The number of amides is 1. The van der Waals surface area contributed by atoms with Crippen LogP contribution in [0.3, 0.4) is 0 Å². The molecule has 0 saturated carbocycles. The summed E-state index contributed by atoms with van der Waals surface area (Å²) in [5, 5.41) is 2.70. The van der Waals surface area contributed by atoms with Crippen molar-refractivity contribution in [3.05, 3.63) is 59.9 Å². The number of para-hydroxylation sites is 1. The molecule has 2 aromatic rings. The van der Waals surface area contributed by atoms with Crippen molar-refractivity contribution in [2.75, 3.05) is 50.0 Å². The molecule has 1 N–H and O–H groups in total. The van der Waals surface area contributed by atoms with Gasteiger partial charge in [0, 0.05) is 38.4 Å². The molecular formula is C22H28FN3O4S. The lowest BCUT2D eigenvalue weighted by Gasteiger charge is -2.35. The SMILES string of the molecule is Cc1ccccc1OCC(=O)NCCCS(=O)(=O)N1CCN(c2ccc(F)cc2)CC1. The number of halogens is 1. The van der Waals surface area contributed by atoms with Crippen LogP contribution in [-0.4, -0.2) is 63.7 Å². The van der Waals surface area contributed by atoms with E-state index in [-0.39, 0.29) is 30.6 Å². The number of anilines is 1. The summed E-state index contributed by atoms with van der Waals surface area (Å²) in [6.45, 7) is 3.94. The number of benzene rings is 2. The van der Waals surface area contributed by atoms with Crippen molar-refractivity contribution in [3.8, 4) is 5.75 Å². The lowest BCUT2D eigenvalue weighted by Crippen LogP contribution is -2.49. The van der Waals surface area contributed by atoms with Crippen LogP contribution in [0.4, 0.5) is 10.1 Å². The van der Waals surface area contributed by atoms with E-state index in [1.54, 1.807) is 18.2 Å². The Morgan fingerprint density at radius 3 is 2.42 bits per heavy atom. The van der Waals surface area contributed by atoms with Crippen molar-refractivity contribution < 1.29 is 22.3 Å². The standard InChI is InChI=1S/C22H28FN3O4S/c1-18-5-2-3-6-21(18)30-17-22(27)24-11-4-16-31(28,29)26-14-12-25(13-15-26)20-9-7-19(23)8-10-20/h2-3,5-10H,4,11-17H2,1H3,(H,24,27). The van der Waals surface area contributed by atoms with Crippen LogP contribution >= 0.6 is 0 Å². The average molecular weight is 450 g/mol. The predicted molar refractivity (Wildman–Crippen MR) is 118 cm³/mol. The molecule has 9 heteroatoms. The number of nitrogens with one attached hydrogen (secondary N) is 1. The highest BCUT2D eigenvalue weighted by Crippen LogP contribution is 2.18. The highest BCUT2D eigenvalue weighted by Gasteiger charge is 2.26. The largest absolute Gasteiger partial charge is 0.484 e. The van der Waals surface area contributed by atoms with E-state index >= 15 is 0 Å². The van der Waals surface area contributed by atoms with Crippen LogP contribution in [0.25, 0.3) is 0 Å². The molecule has 0 atom stereocenters. The molecule has 1 heterocycles. The summed E-state index contributed by atoms with van der Waals surface area (Å²) in [6.07, 6.45) is 0.330. The van der Waals surface area contributed by atoms with Gasteiger partial charge in [-0.15, -0.1) is 0 Å². The molecule has 0 aliphatic carbocycles. The minimum atomic E-state index is -3.39. The van der Waals surface area contributed by atoms with Crippen molar-refractivity contribution in [1.82, 2.24) is 9.62 Å². The first kappa shape index (κ1) is 23.0. The fourth-order valence-corrected chi connectivity index (χ4v) is 4.89. The van der Waals surface area contributed by atoms with Gasteiger partial charge < -0.3 is 15.0 Å². The van der Waals surface area contributed by atoms with Crippen LogP contribution in [0.2, 0.25) is 0 Å². The average Bonchev–Trinajstić information content (AvgIpc) is 2.77. The number of hydrogen-bond donors (Lipinski definition) is 1. The first-order valence-electron chi connectivity index (χ1n) is 10.3. The molecule has 3 rings (SSSR count). The quantitative estimate of drug-likeness (QED) is 0.594. The van der Waals surface area contributed by atoms with Crippen LogP contribution in [0.1, 0.15) is 12.0 Å². The molecule has 1 aliphatic heterocycles. The summed E-state index contributed by atoms with van der Waals surface area (Å²) in [5.74, 6) is 0.0509. The molecule has 0 spiro atoms. The van der Waals surface area contributed by atoms with Crippen LogP contribution in [0.15, 0.2) is 48.5 Å². The molecule has 31 heavy (non-hydrogen) atoms. The number of hydrogen-bond acceptors (Lipinski definition) is 5. The number of piperazine rings is 1. The van der Waals surface area contributed by atoms with E-state index in [4.69, 9.17) is 4.74 Å². The number of carbonyl (C=O) groups excluding carboxylic acids is 1. The van der Waals surface area contributed by atoms with Gasteiger partial charge in [0.25, 0.3) is 5.91 Å². The van der Waals surface area contributed by atoms with Crippen molar-refractivity contribution in [1.29, 1.82) is 0 Å². The topological polar surface area (TPSA) is 78.9 Å². The molecule has 2 aromatic carbocycles. The van der Waals surface area contributed by atoms with Crippen LogP contribution in [0, 0.1) is 12.7 Å². The molecule has 1 saturated heterocycles. The molecular weight excluding hydrogens is 421 g/mol. The molecule has 7 nitrogen and oxygen atoms in total. The lowest BCUT2D eigenvalue weighted by atomic mass is 10.2. The number of aryl methyl sites for hydroxylation is 1. The molecule has 1 fully saturated rings. The van der Waals surface area contributed by atoms with Gasteiger partial charge in [-0.1, -0.05) is 18.2 Å². The summed E-state index contributed by atoms with van der Waals surface area (Å²) >= 11 is 0. The summed E-state index contributed by atoms with van der Waals surface area (Å²) < 4.78 is 45.2. The number of sulfonamides is 1. The van der Waals surface area contributed by atoms with Gasteiger partial charge in [-0.2, -0.15) is 4.31 Å². The first-order chi connectivity index (χ1) is 14.8. The molecule has 168 valence electrons. The highest BCUT2D eigenvalue weighted by molar-refractivity contribution is 7.89. The molecule has 0 bridgehead atoms. The zero-order chi connectivity index (χ0) is 22.3. The normalized spacial score (nSPS) is 15.0. The van der Waals surface area contributed by atoms with E-state index in [2.05, 4.69) is 5.32 Å². The lowest BCUT2D eigenvalue weighted by molar-refractivity contribution is -0.123. The zero-order valence-electron chi connectivity index (χ0n) is 17.6. The van der Waals surface area contributed by atoms with Gasteiger partial charge in [0.2, 0.25) is 10.0 Å². The molecule has 0 aromatic heterocycles. The minimum Gasteiger partial charge on any atom is -0.484 e. The summed E-state index contributed by atoms with van der Waals surface area (Å²) in [7, 11) is -3.39. The number of rotatable bonds is 9. The third-order valence-electron chi connectivity index (χ3n) is 5.18. The van der Waals surface area contributed by atoms with E-state index in [9.17, 15) is 17.6 Å². The van der Waals surface area contributed by atoms with E-state index in [1.165, 1.54) is 16.4 Å². The number of carbonyl (C=O) groups is 1. The number of ether oxygens (including phenoxy) is 1. The van der Waals surface area contributed by atoms with Gasteiger partial charge in [-0.05, 0) is 49.2 Å². The maximum absolute atomic E-state index is 13.1. The van der Waals surface area contributed by atoms with Crippen molar-refractivity contribution >= 4 is 21.6 Å². The second-order valence-electron chi connectivity index (χ2n) is 7.44. The third kappa shape index (κ3) is 6.67. The Hall–Kier alpha value is -2.65. The summed E-state index contributed by atoms with van der Waals surface area (Å²) in [4.78, 5) is 14.0. The fourth-order valence-electron chi connectivity index (χ4n) is 3.40. The molecule has 1 aliphatic rings. The third-order valence-corrected chi connectivity index (χ3v) is 7.13. The Labute approximate surface area is 182 Å². The van der Waals surface area contributed by atoms with E-state index in [0.717, 1.165) is 11.3 Å². The molecule has 1 amide bonds. The van der Waals surface area contributed by atoms with Crippen molar-refractivity contribution in [2.45, 2.75) is 13.3 Å². The second kappa shape index (κ2) is 10.6. The smallest absolute Gasteiger partial charge is 0.257 e. The monoisotopic (exact) mass is 449 g/mol. The first-order valence-corrected chi connectivity index (χ1v) is 11.9. The van der Waals surface area contributed by atoms with E-state index in [1.807, 2.05) is 30.0 Å². The highest BCUT2D eigenvalue weighted by atomic mass is 32.2. The van der Waals surface area contributed by atoms with Crippen molar-refractivity contribution in [3.63, 3.8) is 0 Å². The van der Waals surface area contributed by atoms with Gasteiger partial charge in [-0.3, -0.25) is 4.79 Å². The molecule has 0 radical (unpaired) electrons. The van der Waals surface area contributed by atoms with Gasteiger partial charge >= 0.3 is 0 Å². The summed E-state index contributed by atoms with van der Waals surface area (Å²) in [5.41, 5.74) is 1.83. The van der Waals surface area contributed by atoms with Gasteiger partial charge in [0.05, 0.1) is 5.75 Å². The van der Waals surface area contributed by atoms with Crippen LogP contribution < -0.4 is 15.0 Å². The van der Waals surface area contributed by atoms with Crippen molar-refractivity contribution in [2.24, 2.45) is 0 Å². The summed E-state index contributed by atoms with van der Waals surface area (Å²) in [6, 6.07) is 13.6. The Morgan fingerprint density at radius 2 is 1.74 bits per heavy atom. The minimum absolute atomic E-state index is 0.0253. The van der Waals surface area contributed by atoms with Gasteiger partial charge in [0.1, 0.15) is 11.6 Å². The second-order valence-corrected chi connectivity index (χ2v) is 9.52. The van der Waals surface area contributed by atoms with Gasteiger partial charge in [0.15, 0.2) is 6.61 Å². The Bertz CT molecular complexity index is 975. The Morgan fingerprint density at radius 1 is 1.06 bits per heavy atom. The van der Waals surface area contributed by atoms with Crippen LogP contribution in [-0.2, 0) is 14.8 Å². The predicted octanol–water partition coefficient (Wildman–Crippen LogP) is 2.17. The maximum atomic E-state index is 13.1. The van der Waals surface area contributed by atoms with Gasteiger partial charge in [-0.25, -0.2) is 12.8 Å².